The highest BCUT2D eigenvalue weighted by Crippen LogP contribution is 2.38. The molecule has 0 aliphatic heterocycles. The van der Waals surface area contributed by atoms with Crippen molar-refractivity contribution in [3.05, 3.63) is 33.8 Å². The molecule has 98 valence electrons. The van der Waals surface area contributed by atoms with Crippen LogP contribution in [0.15, 0.2) is 22.7 Å². The SMILES string of the molecule is CCCc1ccc(Br)cc1C1(O)CCC(=O)CC1. The molecule has 1 aromatic rings. The summed E-state index contributed by atoms with van der Waals surface area (Å²) in [6.07, 6.45) is 4.13. The summed E-state index contributed by atoms with van der Waals surface area (Å²) in [4.78, 5) is 11.3. The van der Waals surface area contributed by atoms with E-state index in [-0.39, 0.29) is 5.78 Å². The van der Waals surface area contributed by atoms with Gasteiger partial charge in [-0.15, -0.1) is 0 Å². The molecule has 1 N–H and O–H groups in total. The van der Waals surface area contributed by atoms with Crippen molar-refractivity contribution >= 4 is 21.7 Å². The fourth-order valence-electron chi connectivity index (χ4n) is 2.68. The van der Waals surface area contributed by atoms with Gasteiger partial charge in [-0.05, 0) is 42.5 Å². The maximum atomic E-state index is 11.3. The average molecular weight is 311 g/mol. The molecular weight excluding hydrogens is 292 g/mol. The van der Waals surface area contributed by atoms with E-state index in [9.17, 15) is 9.90 Å². The smallest absolute Gasteiger partial charge is 0.133 e. The summed E-state index contributed by atoms with van der Waals surface area (Å²) in [6, 6.07) is 6.12. The molecule has 2 rings (SSSR count). The highest BCUT2D eigenvalue weighted by atomic mass is 79.9. The Bertz CT molecular complexity index is 444. The molecule has 18 heavy (non-hydrogen) atoms. The van der Waals surface area contributed by atoms with Crippen LogP contribution in [0.3, 0.4) is 0 Å². The van der Waals surface area contributed by atoms with Crippen LogP contribution in [-0.4, -0.2) is 10.9 Å². The first-order valence-corrected chi connectivity index (χ1v) is 7.37. The van der Waals surface area contributed by atoms with Crippen LogP contribution < -0.4 is 0 Å². The van der Waals surface area contributed by atoms with Crippen LogP contribution in [0.2, 0.25) is 0 Å². The Morgan fingerprint density at radius 2 is 2.00 bits per heavy atom. The standard InChI is InChI=1S/C15H19BrO2/c1-2-3-11-4-5-12(16)10-14(11)15(18)8-6-13(17)7-9-15/h4-5,10,18H,2-3,6-9H2,1H3. The Labute approximate surface area is 117 Å². The van der Waals surface area contributed by atoms with Crippen molar-refractivity contribution in [1.29, 1.82) is 0 Å². The lowest BCUT2D eigenvalue weighted by molar-refractivity contribution is -0.125. The fourth-order valence-corrected chi connectivity index (χ4v) is 3.04. The molecule has 1 fully saturated rings. The summed E-state index contributed by atoms with van der Waals surface area (Å²) in [5.74, 6) is 0.270. The van der Waals surface area contributed by atoms with Crippen LogP contribution in [0.4, 0.5) is 0 Å². The lowest BCUT2D eigenvalue weighted by Crippen LogP contribution is -2.32. The summed E-state index contributed by atoms with van der Waals surface area (Å²) in [6.45, 7) is 2.14. The first-order valence-electron chi connectivity index (χ1n) is 6.58. The predicted molar refractivity (Wildman–Crippen MR) is 75.5 cm³/mol. The second-order valence-electron chi connectivity index (χ2n) is 5.12. The highest BCUT2D eigenvalue weighted by Gasteiger charge is 2.35. The highest BCUT2D eigenvalue weighted by molar-refractivity contribution is 9.10. The van der Waals surface area contributed by atoms with Gasteiger partial charge < -0.3 is 5.11 Å². The number of benzene rings is 1. The summed E-state index contributed by atoms with van der Waals surface area (Å²) >= 11 is 3.47. The monoisotopic (exact) mass is 310 g/mol. The van der Waals surface area contributed by atoms with Crippen molar-refractivity contribution in [2.75, 3.05) is 0 Å². The molecule has 0 spiro atoms. The van der Waals surface area contributed by atoms with Gasteiger partial charge in [-0.3, -0.25) is 4.79 Å². The van der Waals surface area contributed by atoms with Crippen molar-refractivity contribution in [3.8, 4) is 0 Å². The Morgan fingerprint density at radius 1 is 1.33 bits per heavy atom. The van der Waals surface area contributed by atoms with Gasteiger partial charge in [0.1, 0.15) is 5.78 Å². The van der Waals surface area contributed by atoms with Gasteiger partial charge in [-0.2, -0.15) is 0 Å². The quantitative estimate of drug-likeness (QED) is 0.923. The van der Waals surface area contributed by atoms with Gasteiger partial charge in [-0.25, -0.2) is 0 Å². The second-order valence-corrected chi connectivity index (χ2v) is 6.04. The third-order valence-electron chi connectivity index (χ3n) is 3.73. The lowest BCUT2D eigenvalue weighted by atomic mass is 9.77. The molecule has 1 aliphatic carbocycles. The normalized spacial score (nSPS) is 18.9. The van der Waals surface area contributed by atoms with E-state index in [2.05, 4.69) is 28.9 Å². The maximum Gasteiger partial charge on any atom is 0.133 e. The van der Waals surface area contributed by atoms with Gasteiger partial charge in [0.25, 0.3) is 0 Å². The van der Waals surface area contributed by atoms with Crippen LogP contribution in [0, 0.1) is 0 Å². The van der Waals surface area contributed by atoms with Crippen LogP contribution >= 0.6 is 15.9 Å². The van der Waals surface area contributed by atoms with E-state index in [0.29, 0.717) is 25.7 Å². The van der Waals surface area contributed by atoms with E-state index in [1.807, 2.05) is 12.1 Å². The number of Topliss-reactive ketones (excluding diaryl/α,β-unsaturated/α-hetero) is 1. The van der Waals surface area contributed by atoms with Crippen molar-refractivity contribution in [1.82, 2.24) is 0 Å². The van der Waals surface area contributed by atoms with Gasteiger partial charge in [0.2, 0.25) is 0 Å². The molecular formula is C15H19BrO2. The molecule has 0 amide bonds. The van der Waals surface area contributed by atoms with Crippen LogP contribution in [0.5, 0.6) is 0 Å². The molecule has 0 bridgehead atoms. The van der Waals surface area contributed by atoms with Gasteiger partial charge in [0.05, 0.1) is 5.60 Å². The number of rotatable bonds is 3. The van der Waals surface area contributed by atoms with Gasteiger partial charge >= 0.3 is 0 Å². The summed E-state index contributed by atoms with van der Waals surface area (Å²) < 4.78 is 0.989. The zero-order valence-corrected chi connectivity index (χ0v) is 12.3. The third-order valence-corrected chi connectivity index (χ3v) is 4.22. The number of aliphatic hydroxyl groups is 1. The molecule has 2 nitrogen and oxygen atoms in total. The molecule has 0 unspecified atom stereocenters. The van der Waals surface area contributed by atoms with E-state index in [0.717, 1.165) is 22.9 Å². The largest absolute Gasteiger partial charge is 0.385 e. The average Bonchev–Trinajstić information content (AvgIpc) is 2.36. The molecule has 0 aromatic heterocycles. The maximum absolute atomic E-state index is 11.3. The van der Waals surface area contributed by atoms with E-state index in [1.165, 1.54) is 5.56 Å². The van der Waals surface area contributed by atoms with E-state index >= 15 is 0 Å². The summed E-state index contributed by atoms with van der Waals surface area (Å²) in [7, 11) is 0. The van der Waals surface area contributed by atoms with E-state index < -0.39 is 5.60 Å². The van der Waals surface area contributed by atoms with E-state index in [1.54, 1.807) is 0 Å². The number of carbonyl (C=O) groups is 1. The molecule has 1 aromatic carbocycles. The van der Waals surface area contributed by atoms with Crippen LogP contribution in [-0.2, 0) is 16.8 Å². The van der Waals surface area contributed by atoms with Crippen LogP contribution in [0.25, 0.3) is 0 Å². The number of halogens is 1. The molecule has 1 aliphatic rings. The zero-order chi connectivity index (χ0) is 13.2. The van der Waals surface area contributed by atoms with Crippen molar-refractivity contribution in [2.24, 2.45) is 0 Å². The fraction of sp³-hybridized carbons (Fsp3) is 0.533. The Hall–Kier alpha value is -0.670. The Balaban J connectivity index is 2.35. The molecule has 1 saturated carbocycles. The minimum Gasteiger partial charge on any atom is -0.385 e. The third kappa shape index (κ3) is 2.83. The number of ketones is 1. The molecule has 0 saturated heterocycles. The predicted octanol–water partition coefficient (Wildman–Crippen LogP) is 3.73. The topological polar surface area (TPSA) is 37.3 Å². The first-order chi connectivity index (χ1) is 8.55. The van der Waals surface area contributed by atoms with Crippen molar-refractivity contribution in [3.63, 3.8) is 0 Å². The van der Waals surface area contributed by atoms with Crippen LogP contribution in [0.1, 0.15) is 50.2 Å². The lowest BCUT2D eigenvalue weighted by Gasteiger charge is -2.33. The minimum atomic E-state index is -0.817. The van der Waals surface area contributed by atoms with Gasteiger partial charge in [0.15, 0.2) is 0 Å². The van der Waals surface area contributed by atoms with Gasteiger partial charge in [-0.1, -0.05) is 35.3 Å². The molecule has 3 heteroatoms. The summed E-state index contributed by atoms with van der Waals surface area (Å²) in [5.41, 5.74) is 1.39. The summed E-state index contributed by atoms with van der Waals surface area (Å²) in [5, 5.41) is 10.8. The van der Waals surface area contributed by atoms with Crippen molar-refractivity contribution in [2.45, 2.75) is 51.0 Å². The minimum absolute atomic E-state index is 0.270. The zero-order valence-electron chi connectivity index (χ0n) is 10.7. The Kier molecular flexibility index (Phi) is 4.23. The number of aryl methyl sites for hydroxylation is 1. The van der Waals surface area contributed by atoms with Crippen molar-refractivity contribution < 1.29 is 9.90 Å². The number of hydrogen-bond acceptors (Lipinski definition) is 2. The number of carbonyl (C=O) groups excluding carboxylic acids is 1. The molecule has 0 radical (unpaired) electrons. The second kappa shape index (κ2) is 5.54. The molecule has 0 atom stereocenters. The Morgan fingerprint density at radius 3 is 2.61 bits per heavy atom. The number of hydrogen-bond donors (Lipinski definition) is 1. The first kappa shape index (κ1) is 13.8. The van der Waals surface area contributed by atoms with Gasteiger partial charge in [0, 0.05) is 17.3 Å². The van der Waals surface area contributed by atoms with E-state index in [4.69, 9.17) is 0 Å². The molecule has 0 heterocycles.